The van der Waals surface area contributed by atoms with Gasteiger partial charge in [0.15, 0.2) is 0 Å². The summed E-state index contributed by atoms with van der Waals surface area (Å²) in [5, 5.41) is 2.67. The number of nitrogens with one attached hydrogen (secondary N) is 1. The zero-order chi connectivity index (χ0) is 12.0. The van der Waals surface area contributed by atoms with Gasteiger partial charge in [-0.15, -0.1) is 6.42 Å². The van der Waals surface area contributed by atoms with Crippen LogP contribution in [0.15, 0.2) is 0 Å². The molecule has 1 atom stereocenters. The number of carbonyl (C=O) groups is 2. The summed E-state index contributed by atoms with van der Waals surface area (Å²) in [6, 6.07) is -0.166. The van der Waals surface area contributed by atoms with Crippen LogP contribution in [0.4, 0.5) is 0 Å². The van der Waals surface area contributed by atoms with Gasteiger partial charge in [-0.2, -0.15) is 0 Å². The maximum Gasteiger partial charge on any atom is 0.237 e. The Balaban J connectivity index is 2.38. The number of amides is 1. The lowest BCUT2D eigenvalue weighted by atomic mass is 9.97. The first-order chi connectivity index (χ1) is 7.69. The molecule has 1 amide bonds. The normalized spacial score (nSPS) is 19.8. The number of likely N-dealkylation sites (tertiary alicyclic amines) is 1. The zero-order valence-corrected chi connectivity index (χ0v) is 9.61. The predicted octanol–water partition coefficient (Wildman–Crippen LogP) is 0.0352. The van der Waals surface area contributed by atoms with Gasteiger partial charge < -0.3 is 10.1 Å². The van der Waals surface area contributed by atoms with E-state index in [1.807, 2.05) is 6.92 Å². The Labute approximate surface area is 96.4 Å². The largest absolute Gasteiger partial charge is 0.344 e. The second kappa shape index (κ2) is 6.29. The number of piperidine rings is 1. The highest BCUT2D eigenvalue weighted by Gasteiger charge is 2.25. The number of hydrogen-bond donors (Lipinski definition) is 1. The van der Waals surface area contributed by atoms with Crippen molar-refractivity contribution >= 4 is 12.2 Å². The summed E-state index contributed by atoms with van der Waals surface area (Å²) in [7, 11) is 0. The molecule has 0 aromatic heterocycles. The van der Waals surface area contributed by atoms with Gasteiger partial charge in [-0.25, -0.2) is 0 Å². The number of aldehydes is 1. The number of rotatable bonds is 4. The van der Waals surface area contributed by atoms with E-state index in [1.54, 1.807) is 0 Å². The van der Waals surface area contributed by atoms with E-state index in [2.05, 4.69) is 16.1 Å². The van der Waals surface area contributed by atoms with Crippen LogP contribution in [0, 0.1) is 18.3 Å². The number of nitrogens with zero attached hydrogens (tertiary/aromatic N) is 1. The fraction of sp³-hybridized carbons (Fsp3) is 0.667. The molecular weight excluding hydrogens is 204 g/mol. The molecule has 0 aromatic rings. The molecule has 1 heterocycles. The standard InChI is InChI=1S/C12H18N2O2/c1-3-6-13-12(16)10(2)14-7-4-11(9-15)5-8-14/h1,9-11H,4-8H2,2H3,(H,13,16). The van der Waals surface area contributed by atoms with Crippen molar-refractivity contribution in [2.24, 2.45) is 5.92 Å². The minimum Gasteiger partial charge on any atom is -0.344 e. The minimum atomic E-state index is -0.166. The fourth-order valence-electron chi connectivity index (χ4n) is 1.89. The average molecular weight is 222 g/mol. The number of hydrogen-bond acceptors (Lipinski definition) is 3. The number of terminal acetylenes is 1. The molecule has 88 valence electrons. The van der Waals surface area contributed by atoms with Crippen molar-refractivity contribution in [2.45, 2.75) is 25.8 Å². The lowest BCUT2D eigenvalue weighted by Crippen LogP contribution is -2.48. The van der Waals surface area contributed by atoms with Crippen LogP contribution in [0.2, 0.25) is 0 Å². The average Bonchev–Trinajstić information content (AvgIpc) is 2.35. The van der Waals surface area contributed by atoms with Gasteiger partial charge in [-0.3, -0.25) is 9.69 Å². The molecule has 1 saturated heterocycles. The second-order valence-corrected chi connectivity index (χ2v) is 4.11. The molecule has 0 spiro atoms. The van der Waals surface area contributed by atoms with Crippen molar-refractivity contribution in [3.8, 4) is 12.3 Å². The van der Waals surface area contributed by atoms with Crippen molar-refractivity contribution in [2.75, 3.05) is 19.6 Å². The van der Waals surface area contributed by atoms with E-state index in [1.165, 1.54) is 0 Å². The molecule has 0 aromatic carbocycles. The van der Waals surface area contributed by atoms with Crippen LogP contribution in [0.3, 0.4) is 0 Å². The quantitative estimate of drug-likeness (QED) is 0.539. The van der Waals surface area contributed by atoms with Crippen LogP contribution >= 0.6 is 0 Å². The molecule has 1 aliphatic heterocycles. The fourth-order valence-corrected chi connectivity index (χ4v) is 1.89. The molecule has 0 aliphatic carbocycles. The van der Waals surface area contributed by atoms with E-state index >= 15 is 0 Å². The minimum absolute atomic E-state index is 0.0393. The van der Waals surface area contributed by atoms with Crippen LogP contribution in [0.5, 0.6) is 0 Å². The SMILES string of the molecule is C#CCNC(=O)C(C)N1CCC(C=O)CC1. The molecule has 4 heteroatoms. The van der Waals surface area contributed by atoms with Crippen LogP contribution in [0.1, 0.15) is 19.8 Å². The Morgan fingerprint density at radius 1 is 1.62 bits per heavy atom. The molecule has 0 radical (unpaired) electrons. The van der Waals surface area contributed by atoms with Gasteiger partial charge in [0, 0.05) is 5.92 Å². The highest BCUT2D eigenvalue weighted by Crippen LogP contribution is 2.16. The molecule has 0 saturated carbocycles. The Morgan fingerprint density at radius 2 is 2.25 bits per heavy atom. The topological polar surface area (TPSA) is 49.4 Å². The van der Waals surface area contributed by atoms with Gasteiger partial charge >= 0.3 is 0 Å². The summed E-state index contributed by atoms with van der Waals surface area (Å²) in [5.74, 6) is 2.50. The molecule has 1 unspecified atom stereocenters. The molecule has 0 bridgehead atoms. The summed E-state index contributed by atoms with van der Waals surface area (Å²) in [6.07, 6.45) is 7.78. The molecule has 1 fully saturated rings. The zero-order valence-electron chi connectivity index (χ0n) is 9.61. The lowest BCUT2D eigenvalue weighted by molar-refractivity contribution is -0.126. The highest BCUT2D eigenvalue weighted by atomic mass is 16.2. The molecule has 1 rings (SSSR count). The van der Waals surface area contributed by atoms with E-state index in [4.69, 9.17) is 6.42 Å². The van der Waals surface area contributed by atoms with Gasteiger partial charge in [0.05, 0.1) is 12.6 Å². The van der Waals surface area contributed by atoms with Crippen LogP contribution in [-0.2, 0) is 9.59 Å². The van der Waals surface area contributed by atoms with Crippen LogP contribution < -0.4 is 5.32 Å². The molecular formula is C12H18N2O2. The van der Waals surface area contributed by atoms with E-state index in [-0.39, 0.29) is 24.4 Å². The Hall–Kier alpha value is -1.34. The third kappa shape index (κ3) is 3.35. The summed E-state index contributed by atoms with van der Waals surface area (Å²) in [4.78, 5) is 24.3. The van der Waals surface area contributed by atoms with Gasteiger partial charge in [-0.1, -0.05) is 5.92 Å². The number of carbonyl (C=O) groups excluding carboxylic acids is 2. The van der Waals surface area contributed by atoms with Crippen molar-refractivity contribution in [1.82, 2.24) is 10.2 Å². The maximum atomic E-state index is 11.6. The smallest absolute Gasteiger partial charge is 0.237 e. The van der Waals surface area contributed by atoms with Gasteiger partial charge in [0.1, 0.15) is 6.29 Å². The first-order valence-corrected chi connectivity index (χ1v) is 5.59. The Kier molecular flexibility index (Phi) is 5.00. The lowest BCUT2D eigenvalue weighted by Gasteiger charge is -2.33. The summed E-state index contributed by atoms with van der Waals surface area (Å²) >= 11 is 0. The molecule has 1 aliphatic rings. The first kappa shape index (κ1) is 12.7. The summed E-state index contributed by atoms with van der Waals surface area (Å²) < 4.78 is 0. The Bertz CT molecular complexity index is 288. The third-order valence-corrected chi connectivity index (χ3v) is 3.06. The van der Waals surface area contributed by atoms with Crippen LogP contribution in [-0.4, -0.2) is 42.8 Å². The van der Waals surface area contributed by atoms with Gasteiger partial charge in [0.25, 0.3) is 0 Å². The highest BCUT2D eigenvalue weighted by molar-refractivity contribution is 5.81. The Morgan fingerprint density at radius 3 is 2.75 bits per heavy atom. The summed E-state index contributed by atoms with van der Waals surface area (Å²) in [5.41, 5.74) is 0. The van der Waals surface area contributed by atoms with E-state index < -0.39 is 0 Å². The van der Waals surface area contributed by atoms with Gasteiger partial charge in [0.2, 0.25) is 5.91 Å². The van der Waals surface area contributed by atoms with Gasteiger partial charge in [-0.05, 0) is 32.9 Å². The molecule has 4 nitrogen and oxygen atoms in total. The molecule has 1 N–H and O–H groups in total. The van der Waals surface area contributed by atoms with Crippen molar-refractivity contribution < 1.29 is 9.59 Å². The van der Waals surface area contributed by atoms with E-state index in [0.29, 0.717) is 0 Å². The van der Waals surface area contributed by atoms with Crippen molar-refractivity contribution in [3.05, 3.63) is 0 Å². The molecule has 16 heavy (non-hydrogen) atoms. The summed E-state index contributed by atoms with van der Waals surface area (Å²) in [6.45, 7) is 3.74. The van der Waals surface area contributed by atoms with E-state index in [9.17, 15) is 9.59 Å². The predicted molar refractivity (Wildman–Crippen MR) is 61.7 cm³/mol. The second-order valence-electron chi connectivity index (χ2n) is 4.11. The first-order valence-electron chi connectivity index (χ1n) is 5.59. The van der Waals surface area contributed by atoms with Crippen LogP contribution in [0.25, 0.3) is 0 Å². The maximum absolute atomic E-state index is 11.6. The third-order valence-electron chi connectivity index (χ3n) is 3.06. The van der Waals surface area contributed by atoms with Crippen molar-refractivity contribution in [1.29, 1.82) is 0 Å². The monoisotopic (exact) mass is 222 g/mol. The van der Waals surface area contributed by atoms with E-state index in [0.717, 1.165) is 32.2 Å². The van der Waals surface area contributed by atoms with Crippen molar-refractivity contribution in [3.63, 3.8) is 0 Å².